The van der Waals surface area contributed by atoms with Crippen LogP contribution in [0, 0.1) is 0 Å². The van der Waals surface area contributed by atoms with Gasteiger partial charge < -0.3 is 4.79 Å². The molecular weight excluding hydrogens is 190 g/mol. The summed E-state index contributed by atoms with van der Waals surface area (Å²) in [4.78, 5) is 23.9. The number of carbonyl (C=O) groups excluding carboxylic acids is 2. The quantitative estimate of drug-likeness (QED) is 0.550. The molecule has 0 aromatic heterocycles. The molecule has 0 heterocycles. The van der Waals surface area contributed by atoms with E-state index < -0.39 is 0 Å². The summed E-state index contributed by atoms with van der Waals surface area (Å²) in [6.45, 7) is 7.77. The molecule has 0 saturated carbocycles. The molecular formula is C12H23NO2. The molecule has 0 radical (unpaired) electrons. The van der Waals surface area contributed by atoms with E-state index in [0.717, 1.165) is 32.2 Å². The predicted octanol–water partition coefficient (Wildman–Crippen LogP) is 2.05. The number of ketones is 1. The summed E-state index contributed by atoms with van der Waals surface area (Å²) in [5.74, 6) is 0.166. The lowest BCUT2D eigenvalue weighted by Gasteiger charge is -2.29. The summed E-state index contributed by atoms with van der Waals surface area (Å²) in [7, 11) is 0. The second kappa shape index (κ2) is 8.60. The van der Waals surface area contributed by atoms with Crippen LogP contribution in [0.4, 0.5) is 0 Å². The van der Waals surface area contributed by atoms with Crippen molar-refractivity contribution in [2.45, 2.75) is 52.5 Å². The van der Waals surface area contributed by atoms with Crippen molar-refractivity contribution in [1.82, 2.24) is 4.90 Å². The number of hydrogen-bond donors (Lipinski definition) is 0. The maximum absolute atomic E-state index is 11.1. The van der Waals surface area contributed by atoms with Crippen LogP contribution in [-0.4, -0.2) is 36.1 Å². The first-order valence-electron chi connectivity index (χ1n) is 5.82. The maximum Gasteiger partial charge on any atom is 0.131 e. The van der Waals surface area contributed by atoms with E-state index in [1.165, 1.54) is 0 Å². The van der Waals surface area contributed by atoms with Gasteiger partial charge in [-0.2, -0.15) is 0 Å². The third kappa shape index (κ3) is 6.39. The monoisotopic (exact) mass is 213 g/mol. The third-order valence-corrected chi connectivity index (χ3v) is 2.43. The molecule has 3 nitrogen and oxygen atoms in total. The highest BCUT2D eigenvalue weighted by atomic mass is 16.1. The topological polar surface area (TPSA) is 37.4 Å². The molecule has 88 valence electrons. The Morgan fingerprint density at radius 2 is 1.80 bits per heavy atom. The van der Waals surface area contributed by atoms with Gasteiger partial charge in [0.2, 0.25) is 0 Å². The average Bonchev–Trinajstić information content (AvgIpc) is 2.16. The fourth-order valence-electron chi connectivity index (χ4n) is 1.86. The van der Waals surface area contributed by atoms with Crippen LogP contribution in [0.2, 0.25) is 0 Å². The lowest BCUT2D eigenvalue weighted by Crippen LogP contribution is -2.38. The first kappa shape index (κ1) is 14.3. The van der Waals surface area contributed by atoms with Crippen molar-refractivity contribution < 1.29 is 9.59 Å². The van der Waals surface area contributed by atoms with Crippen molar-refractivity contribution in [3.05, 3.63) is 0 Å². The van der Waals surface area contributed by atoms with Gasteiger partial charge in [-0.15, -0.1) is 0 Å². The van der Waals surface area contributed by atoms with Crippen LogP contribution >= 0.6 is 0 Å². The minimum atomic E-state index is 0.111. The Labute approximate surface area is 92.8 Å². The van der Waals surface area contributed by atoms with Gasteiger partial charge in [0.15, 0.2) is 0 Å². The Morgan fingerprint density at radius 3 is 2.13 bits per heavy atom. The summed E-state index contributed by atoms with van der Waals surface area (Å²) >= 11 is 0. The molecule has 0 aromatic rings. The molecule has 0 saturated heterocycles. The van der Waals surface area contributed by atoms with Crippen molar-refractivity contribution in [2.75, 3.05) is 13.1 Å². The van der Waals surface area contributed by atoms with Crippen LogP contribution in [0.25, 0.3) is 0 Å². The van der Waals surface area contributed by atoms with E-state index in [0.29, 0.717) is 12.8 Å². The number of rotatable bonds is 9. The van der Waals surface area contributed by atoms with Crippen molar-refractivity contribution in [1.29, 1.82) is 0 Å². The van der Waals surface area contributed by atoms with Crippen molar-refractivity contribution >= 4 is 12.1 Å². The molecule has 1 atom stereocenters. The minimum Gasteiger partial charge on any atom is -0.303 e. The molecule has 1 unspecified atom stereocenters. The Morgan fingerprint density at radius 1 is 1.27 bits per heavy atom. The predicted molar refractivity (Wildman–Crippen MR) is 61.9 cm³/mol. The van der Waals surface area contributed by atoms with E-state index in [-0.39, 0.29) is 11.8 Å². The van der Waals surface area contributed by atoms with Crippen molar-refractivity contribution in [3.8, 4) is 0 Å². The molecule has 0 rings (SSSR count). The summed E-state index contributed by atoms with van der Waals surface area (Å²) in [5.41, 5.74) is 0. The third-order valence-electron chi connectivity index (χ3n) is 2.43. The van der Waals surface area contributed by atoms with E-state index in [9.17, 15) is 9.59 Å². The number of nitrogens with zero attached hydrogens (tertiary/aromatic N) is 1. The Kier molecular flexibility index (Phi) is 8.19. The molecule has 0 amide bonds. The smallest absolute Gasteiger partial charge is 0.131 e. The normalized spacial score (nSPS) is 12.8. The van der Waals surface area contributed by atoms with Crippen molar-refractivity contribution in [3.63, 3.8) is 0 Å². The summed E-state index contributed by atoms with van der Waals surface area (Å²) in [5, 5.41) is 0. The lowest BCUT2D eigenvalue weighted by atomic mass is 10.1. The molecule has 0 spiro atoms. The zero-order chi connectivity index (χ0) is 11.7. The van der Waals surface area contributed by atoms with E-state index >= 15 is 0 Å². The van der Waals surface area contributed by atoms with Gasteiger partial charge in [0.25, 0.3) is 0 Å². The molecule has 0 aliphatic rings. The maximum atomic E-state index is 11.1. The highest BCUT2D eigenvalue weighted by Crippen LogP contribution is 2.10. The second-order valence-corrected chi connectivity index (χ2v) is 4.00. The van der Waals surface area contributed by atoms with Crippen LogP contribution in [-0.2, 0) is 9.59 Å². The molecule has 0 fully saturated rings. The summed E-state index contributed by atoms with van der Waals surface area (Å²) in [6, 6.07) is 0.111. The standard InChI is InChI=1S/C12H23NO2/c1-4-7-13(8-5-2)12(6-9-14)10-11(3)15/h9,12H,4-8,10H2,1-3H3. The number of aldehydes is 1. The molecule has 0 aliphatic carbocycles. The van der Waals surface area contributed by atoms with Crippen LogP contribution in [0.15, 0.2) is 0 Å². The van der Waals surface area contributed by atoms with Crippen LogP contribution in [0.1, 0.15) is 46.5 Å². The highest BCUT2D eigenvalue weighted by Gasteiger charge is 2.18. The number of hydrogen-bond acceptors (Lipinski definition) is 3. The van der Waals surface area contributed by atoms with Gasteiger partial charge >= 0.3 is 0 Å². The Hall–Kier alpha value is -0.700. The first-order chi connectivity index (χ1) is 7.15. The first-order valence-corrected chi connectivity index (χ1v) is 5.82. The van der Waals surface area contributed by atoms with Gasteiger partial charge in [0.05, 0.1) is 0 Å². The summed E-state index contributed by atoms with van der Waals surface area (Å²) in [6.07, 6.45) is 4.02. The molecule has 15 heavy (non-hydrogen) atoms. The fourth-order valence-corrected chi connectivity index (χ4v) is 1.86. The fraction of sp³-hybridized carbons (Fsp3) is 0.833. The average molecular weight is 213 g/mol. The van der Waals surface area contributed by atoms with Gasteiger partial charge in [0.1, 0.15) is 12.1 Å². The SMILES string of the molecule is CCCN(CCC)C(CC=O)CC(C)=O. The molecule has 0 aromatic carbocycles. The van der Waals surface area contributed by atoms with Crippen LogP contribution < -0.4 is 0 Å². The van der Waals surface area contributed by atoms with E-state index in [1.54, 1.807) is 6.92 Å². The van der Waals surface area contributed by atoms with Gasteiger partial charge in [-0.3, -0.25) is 9.69 Å². The molecule has 3 heteroatoms. The van der Waals surface area contributed by atoms with E-state index in [4.69, 9.17) is 0 Å². The van der Waals surface area contributed by atoms with Gasteiger partial charge in [0, 0.05) is 18.9 Å². The van der Waals surface area contributed by atoms with Gasteiger partial charge in [-0.25, -0.2) is 0 Å². The molecule has 0 aliphatic heterocycles. The molecule has 0 bridgehead atoms. The summed E-state index contributed by atoms with van der Waals surface area (Å²) < 4.78 is 0. The largest absolute Gasteiger partial charge is 0.303 e. The second-order valence-electron chi connectivity index (χ2n) is 4.00. The van der Waals surface area contributed by atoms with Crippen LogP contribution in [0.3, 0.4) is 0 Å². The number of carbonyl (C=O) groups is 2. The Balaban J connectivity index is 4.34. The van der Waals surface area contributed by atoms with Gasteiger partial charge in [-0.1, -0.05) is 13.8 Å². The van der Waals surface area contributed by atoms with Gasteiger partial charge in [-0.05, 0) is 32.9 Å². The van der Waals surface area contributed by atoms with E-state index in [2.05, 4.69) is 18.7 Å². The minimum absolute atomic E-state index is 0.111. The molecule has 0 N–H and O–H groups in total. The number of Topliss-reactive ketones (excluding diaryl/α,β-unsaturated/α-hetero) is 1. The zero-order valence-electron chi connectivity index (χ0n) is 10.2. The highest BCUT2D eigenvalue weighted by molar-refractivity contribution is 5.76. The lowest BCUT2D eigenvalue weighted by molar-refractivity contribution is -0.118. The Bertz CT molecular complexity index is 186. The van der Waals surface area contributed by atoms with Crippen molar-refractivity contribution in [2.24, 2.45) is 0 Å². The van der Waals surface area contributed by atoms with E-state index in [1.807, 2.05) is 0 Å². The van der Waals surface area contributed by atoms with Crippen LogP contribution in [0.5, 0.6) is 0 Å². The zero-order valence-corrected chi connectivity index (χ0v) is 10.2.